The highest BCUT2D eigenvalue weighted by Gasteiger charge is 2.26. The third-order valence-electron chi connectivity index (χ3n) is 4.19. The molecule has 1 aliphatic rings. The number of nitrogens with zero attached hydrogens (tertiary/aromatic N) is 1. The number of benzene rings is 1. The zero-order chi connectivity index (χ0) is 17.9. The molecule has 1 aromatic carbocycles. The predicted molar refractivity (Wildman–Crippen MR) is 99.5 cm³/mol. The molecule has 0 aliphatic carbocycles. The van der Waals surface area contributed by atoms with E-state index in [4.69, 9.17) is 0 Å². The van der Waals surface area contributed by atoms with Crippen LogP contribution in [-0.2, 0) is 10.0 Å². The fourth-order valence-corrected chi connectivity index (χ4v) is 5.03. The average molecular weight is 380 g/mol. The lowest BCUT2D eigenvalue weighted by Gasteiger charge is -2.17. The molecule has 1 aliphatic heterocycles. The smallest absolute Gasteiger partial charge is 0.271 e. The van der Waals surface area contributed by atoms with Crippen molar-refractivity contribution >= 4 is 33.0 Å². The van der Waals surface area contributed by atoms with Crippen LogP contribution in [0.1, 0.15) is 16.8 Å². The van der Waals surface area contributed by atoms with Crippen molar-refractivity contribution in [1.82, 2.24) is 10.2 Å². The minimum absolute atomic E-state index is 0.0595. The SMILES string of the molecule is CNCC1CCN(C(=O)c2cccc(NS(=O)(=O)c3cccs3)c2)C1. The molecule has 1 amide bonds. The van der Waals surface area contributed by atoms with Crippen LogP contribution in [0, 0.1) is 5.92 Å². The summed E-state index contributed by atoms with van der Waals surface area (Å²) in [5.41, 5.74) is 0.890. The molecule has 0 spiro atoms. The number of nitrogens with one attached hydrogen (secondary N) is 2. The van der Waals surface area contributed by atoms with Gasteiger partial charge in [0.2, 0.25) is 0 Å². The fourth-order valence-electron chi connectivity index (χ4n) is 2.99. The van der Waals surface area contributed by atoms with Gasteiger partial charge in [0.15, 0.2) is 0 Å². The van der Waals surface area contributed by atoms with Crippen molar-refractivity contribution in [2.45, 2.75) is 10.6 Å². The third-order valence-corrected chi connectivity index (χ3v) is 6.97. The van der Waals surface area contributed by atoms with E-state index in [1.807, 2.05) is 11.9 Å². The second-order valence-corrected chi connectivity index (χ2v) is 8.94. The van der Waals surface area contributed by atoms with E-state index in [0.717, 1.165) is 37.4 Å². The van der Waals surface area contributed by atoms with Crippen molar-refractivity contribution in [2.75, 3.05) is 31.4 Å². The summed E-state index contributed by atoms with van der Waals surface area (Å²) >= 11 is 1.15. The van der Waals surface area contributed by atoms with Gasteiger partial charge in [-0.05, 0) is 55.6 Å². The monoisotopic (exact) mass is 379 g/mol. The number of anilines is 1. The predicted octanol–water partition coefficient (Wildman–Crippen LogP) is 2.23. The number of hydrogen-bond acceptors (Lipinski definition) is 5. The molecule has 2 N–H and O–H groups in total. The zero-order valence-electron chi connectivity index (χ0n) is 13.9. The van der Waals surface area contributed by atoms with Crippen LogP contribution in [0.5, 0.6) is 0 Å². The highest BCUT2D eigenvalue weighted by atomic mass is 32.2. The Labute approximate surface area is 151 Å². The van der Waals surface area contributed by atoms with Crippen molar-refractivity contribution in [3.05, 3.63) is 47.3 Å². The summed E-state index contributed by atoms with van der Waals surface area (Å²) in [6.07, 6.45) is 0.983. The highest BCUT2D eigenvalue weighted by molar-refractivity contribution is 7.94. The number of amides is 1. The average Bonchev–Trinajstić information content (AvgIpc) is 3.26. The second-order valence-electron chi connectivity index (χ2n) is 6.08. The molecule has 134 valence electrons. The maximum absolute atomic E-state index is 12.7. The molecule has 1 saturated heterocycles. The number of sulfonamides is 1. The Bertz CT molecular complexity index is 835. The Morgan fingerprint density at radius 2 is 2.16 bits per heavy atom. The summed E-state index contributed by atoms with van der Waals surface area (Å²) in [5, 5.41) is 4.86. The van der Waals surface area contributed by atoms with E-state index < -0.39 is 10.0 Å². The number of carbonyl (C=O) groups is 1. The van der Waals surface area contributed by atoms with Gasteiger partial charge in [0.05, 0.1) is 0 Å². The number of likely N-dealkylation sites (tertiary alicyclic amines) is 1. The fraction of sp³-hybridized carbons (Fsp3) is 0.353. The van der Waals surface area contributed by atoms with Gasteiger partial charge >= 0.3 is 0 Å². The van der Waals surface area contributed by atoms with Crippen LogP contribution in [0.2, 0.25) is 0 Å². The van der Waals surface area contributed by atoms with Crippen molar-refractivity contribution in [3.63, 3.8) is 0 Å². The van der Waals surface area contributed by atoms with Gasteiger partial charge in [-0.25, -0.2) is 8.42 Å². The minimum atomic E-state index is -3.61. The van der Waals surface area contributed by atoms with Crippen LogP contribution in [0.25, 0.3) is 0 Å². The van der Waals surface area contributed by atoms with Gasteiger partial charge < -0.3 is 10.2 Å². The van der Waals surface area contributed by atoms with E-state index in [1.165, 1.54) is 0 Å². The zero-order valence-corrected chi connectivity index (χ0v) is 15.6. The number of rotatable bonds is 6. The first-order valence-corrected chi connectivity index (χ1v) is 10.5. The Kier molecular flexibility index (Phi) is 5.41. The van der Waals surface area contributed by atoms with E-state index in [0.29, 0.717) is 17.2 Å². The molecule has 0 bridgehead atoms. The van der Waals surface area contributed by atoms with Crippen LogP contribution in [0.4, 0.5) is 5.69 Å². The highest BCUT2D eigenvalue weighted by Crippen LogP contribution is 2.23. The molecule has 0 radical (unpaired) electrons. The van der Waals surface area contributed by atoms with Gasteiger partial charge in [0.25, 0.3) is 15.9 Å². The first-order valence-electron chi connectivity index (χ1n) is 8.10. The molecule has 1 unspecified atom stereocenters. The van der Waals surface area contributed by atoms with Gasteiger partial charge in [0.1, 0.15) is 4.21 Å². The molecule has 1 aromatic heterocycles. The van der Waals surface area contributed by atoms with Crippen molar-refractivity contribution in [2.24, 2.45) is 5.92 Å². The van der Waals surface area contributed by atoms with E-state index in [-0.39, 0.29) is 10.1 Å². The first-order chi connectivity index (χ1) is 12.0. The third kappa shape index (κ3) is 4.20. The van der Waals surface area contributed by atoms with Crippen LogP contribution in [0.3, 0.4) is 0 Å². The molecule has 25 heavy (non-hydrogen) atoms. The van der Waals surface area contributed by atoms with Gasteiger partial charge in [0, 0.05) is 24.3 Å². The number of thiophene rings is 1. The van der Waals surface area contributed by atoms with Crippen molar-refractivity contribution in [1.29, 1.82) is 0 Å². The summed E-state index contributed by atoms with van der Waals surface area (Å²) < 4.78 is 27.4. The van der Waals surface area contributed by atoms with Crippen LogP contribution in [-0.4, -0.2) is 45.9 Å². The van der Waals surface area contributed by atoms with Gasteiger partial charge in [-0.1, -0.05) is 12.1 Å². The van der Waals surface area contributed by atoms with Gasteiger partial charge in [-0.15, -0.1) is 11.3 Å². The summed E-state index contributed by atoms with van der Waals surface area (Å²) in [5.74, 6) is 0.408. The molecule has 2 heterocycles. The maximum atomic E-state index is 12.7. The van der Waals surface area contributed by atoms with Crippen molar-refractivity contribution in [3.8, 4) is 0 Å². The molecule has 6 nitrogen and oxygen atoms in total. The molecule has 1 atom stereocenters. The largest absolute Gasteiger partial charge is 0.338 e. The summed E-state index contributed by atoms with van der Waals surface area (Å²) in [6, 6.07) is 9.90. The minimum Gasteiger partial charge on any atom is -0.338 e. The van der Waals surface area contributed by atoms with E-state index in [2.05, 4.69) is 10.0 Å². The maximum Gasteiger partial charge on any atom is 0.271 e. The lowest BCUT2D eigenvalue weighted by molar-refractivity contribution is 0.0787. The molecule has 1 fully saturated rings. The molecule has 0 saturated carbocycles. The lowest BCUT2D eigenvalue weighted by atomic mass is 10.1. The Hall–Kier alpha value is -1.90. The molecule has 8 heteroatoms. The molecular weight excluding hydrogens is 358 g/mol. The van der Waals surface area contributed by atoms with Gasteiger partial charge in [-0.2, -0.15) is 0 Å². The summed E-state index contributed by atoms with van der Waals surface area (Å²) in [6.45, 7) is 2.35. The van der Waals surface area contributed by atoms with Gasteiger partial charge in [-0.3, -0.25) is 9.52 Å². The standard InChI is InChI=1S/C17H21N3O3S2/c1-18-11-13-7-8-20(12-13)17(21)14-4-2-5-15(10-14)19-25(22,23)16-6-3-9-24-16/h2-6,9-10,13,18-19H,7-8,11-12H2,1H3. The van der Waals surface area contributed by atoms with Crippen LogP contribution < -0.4 is 10.0 Å². The normalized spacial score (nSPS) is 17.6. The Morgan fingerprint density at radius 1 is 1.32 bits per heavy atom. The molecular formula is C17H21N3O3S2. The first kappa shape index (κ1) is 17.9. The molecule has 3 rings (SSSR count). The number of hydrogen-bond donors (Lipinski definition) is 2. The number of carbonyl (C=O) groups excluding carboxylic acids is 1. The molecule has 2 aromatic rings. The summed E-state index contributed by atoms with van der Waals surface area (Å²) in [4.78, 5) is 14.5. The second kappa shape index (κ2) is 7.55. The van der Waals surface area contributed by atoms with E-state index in [9.17, 15) is 13.2 Å². The van der Waals surface area contributed by atoms with E-state index in [1.54, 1.807) is 41.8 Å². The quantitative estimate of drug-likeness (QED) is 0.807. The van der Waals surface area contributed by atoms with Crippen LogP contribution in [0.15, 0.2) is 46.0 Å². The van der Waals surface area contributed by atoms with Crippen LogP contribution >= 0.6 is 11.3 Å². The Morgan fingerprint density at radius 3 is 2.88 bits per heavy atom. The topological polar surface area (TPSA) is 78.5 Å². The summed E-state index contributed by atoms with van der Waals surface area (Å²) in [7, 11) is -1.70. The van der Waals surface area contributed by atoms with Crippen molar-refractivity contribution < 1.29 is 13.2 Å². The Balaban J connectivity index is 1.73. The van der Waals surface area contributed by atoms with E-state index >= 15 is 0 Å². The lowest BCUT2D eigenvalue weighted by Crippen LogP contribution is -2.30.